The largest absolute Gasteiger partial charge is 0.493 e. The first-order valence-corrected chi connectivity index (χ1v) is 7.54. The minimum atomic E-state index is -0.583. The fraction of sp³-hybridized carbons (Fsp3) is 0.625. The fourth-order valence-corrected chi connectivity index (χ4v) is 3.28. The Morgan fingerprint density at radius 2 is 2.10 bits per heavy atom. The molecule has 3 rings (SSSR count). The predicted molar refractivity (Wildman–Crippen MR) is 75.3 cm³/mol. The number of halogens is 1. The molecule has 2 N–H and O–H groups in total. The van der Waals surface area contributed by atoms with Gasteiger partial charge in [0.1, 0.15) is 11.6 Å². The van der Waals surface area contributed by atoms with Gasteiger partial charge in [-0.3, -0.25) is 0 Å². The maximum atomic E-state index is 13.5. The van der Waals surface area contributed by atoms with Crippen molar-refractivity contribution in [3.63, 3.8) is 0 Å². The smallest absolute Gasteiger partial charge is 0.124 e. The predicted octanol–water partition coefficient (Wildman–Crippen LogP) is 2.93. The van der Waals surface area contributed by atoms with E-state index in [1.807, 2.05) is 0 Å². The van der Waals surface area contributed by atoms with Crippen LogP contribution in [0.2, 0.25) is 0 Å². The number of fused-ring (bicyclic) bond motifs is 1. The van der Waals surface area contributed by atoms with Crippen molar-refractivity contribution in [2.45, 2.75) is 50.2 Å². The first kappa shape index (κ1) is 13.8. The van der Waals surface area contributed by atoms with Crippen molar-refractivity contribution >= 4 is 0 Å². The lowest BCUT2D eigenvalue weighted by atomic mass is 9.98. The van der Waals surface area contributed by atoms with Gasteiger partial charge in [0.2, 0.25) is 0 Å². The lowest BCUT2D eigenvalue weighted by molar-refractivity contribution is 0.0445. The number of hydrogen-bond donors (Lipinski definition) is 2. The molecule has 3 nitrogen and oxygen atoms in total. The van der Waals surface area contributed by atoms with Crippen molar-refractivity contribution in [1.82, 2.24) is 5.32 Å². The minimum Gasteiger partial charge on any atom is -0.493 e. The summed E-state index contributed by atoms with van der Waals surface area (Å²) >= 11 is 0. The second-order valence-corrected chi connectivity index (χ2v) is 6.04. The molecule has 0 saturated heterocycles. The van der Waals surface area contributed by atoms with Crippen LogP contribution in [0.4, 0.5) is 4.39 Å². The van der Waals surface area contributed by atoms with Gasteiger partial charge in [-0.25, -0.2) is 4.39 Å². The maximum absolute atomic E-state index is 13.5. The fourth-order valence-electron chi connectivity index (χ4n) is 3.28. The van der Waals surface area contributed by atoms with Crippen molar-refractivity contribution in [2.75, 3.05) is 13.2 Å². The van der Waals surface area contributed by atoms with Crippen LogP contribution in [0, 0.1) is 5.82 Å². The molecule has 20 heavy (non-hydrogen) atoms. The van der Waals surface area contributed by atoms with Crippen LogP contribution in [0.15, 0.2) is 18.2 Å². The van der Waals surface area contributed by atoms with Gasteiger partial charge >= 0.3 is 0 Å². The quantitative estimate of drug-likeness (QED) is 0.894. The van der Waals surface area contributed by atoms with Crippen molar-refractivity contribution < 1.29 is 14.2 Å². The van der Waals surface area contributed by atoms with E-state index in [0.29, 0.717) is 13.2 Å². The van der Waals surface area contributed by atoms with E-state index >= 15 is 0 Å². The number of aliphatic hydroxyl groups is 1. The van der Waals surface area contributed by atoms with Gasteiger partial charge in [0.05, 0.1) is 12.2 Å². The molecule has 0 radical (unpaired) electrons. The molecular weight excluding hydrogens is 257 g/mol. The highest BCUT2D eigenvalue weighted by Crippen LogP contribution is 2.34. The van der Waals surface area contributed by atoms with Gasteiger partial charge < -0.3 is 15.2 Å². The van der Waals surface area contributed by atoms with Crippen LogP contribution in [0.1, 0.15) is 50.1 Å². The highest BCUT2D eigenvalue weighted by atomic mass is 19.1. The van der Waals surface area contributed by atoms with Crippen LogP contribution in [-0.4, -0.2) is 23.9 Å². The molecule has 1 atom stereocenters. The van der Waals surface area contributed by atoms with Crippen LogP contribution >= 0.6 is 0 Å². The van der Waals surface area contributed by atoms with Crippen molar-refractivity contribution in [1.29, 1.82) is 0 Å². The van der Waals surface area contributed by atoms with E-state index in [1.54, 1.807) is 12.1 Å². The summed E-state index contributed by atoms with van der Waals surface area (Å²) in [4.78, 5) is 0. The molecule has 2 aliphatic rings. The van der Waals surface area contributed by atoms with E-state index in [0.717, 1.165) is 49.8 Å². The van der Waals surface area contributed by atoms with E-state index in [2.05, 4.69) is 5.32 Å². The molecule has 0 amide bonds. The number of ether oxygens (including phenoxy) is 1. The molecule has 1 heterocycles. The Labute approximate surface area is 119 Å². The molecule has 4 heteroatoms. The van der Waals surface area contributed by atoms with Gasteiger partial charge in [0, 0.05) is 18.2 Å². The van der Waals surface area contributed by atoms with Gasteiger partial charge in [-0.1, -0.05) is 12.8 Å². The maximum Gasteiger partial charge on any atom is 0.124 e. The Balaban J connectivity index is 1.74. The summed E-state index contributed by atoms with van der Waals surface area (Å²) in [5.41, 5.74) is 0.296. The Morgan fingerprint density at radius 1 is 1.30 bits per heavy atom. The topological polar surface area (TPSA) is 41.5 Å². The number of hydrogen-bond acceptors (Lipinski definition) is 3. The molecule has 1 aliphatic heterocycles. The Hall–Kier alpha value is -1.13. The number of rotatable bonds is 3. The summed E-state index contributed by atoms with van der Waals surface area (Å²) < 4.78 is 19.1. The van der Waals surface area contributed by atoms with E-state index in [-0.39, 0.29) is 11.9 Å². The minimum absolute atomic E-state index is 0.0628. The standard InChI is InChI=1S/C16H22FNO2/c17-12-5-6-15-13(10-12)14(4-3-9-20-15)18-11-16(19)7-1-2-8-16/h5-6,10,14,18-19H,1-4,7-9,11H2. The average Bonchev–Trinajstić information content (AvgIpc) is 2.76. The molecule has 1 fully saturated rings. The molecule has 1 aliphatic carbocycles. The lowest BCUT2D eigenvalue weighted by Gasteiger charge is -2.26. The average molecular weight is 279 g/mol. The van der Waals surface area contributed by atoms with Crippen molar-refractivity contribution in [3.05, 3.63) is 29.6 Å². The first-order chi connectivity index (χ1) is 9.66. The summed E-state index contributed by atoms with van der Waals surface area (Å²) in [6.07, 6.45) is 5.76. The highest BCUT2D eigenvalue weighted by Gasteiger charge is 2.32. The van der Waals surface area contributed by atoms with Gasteiger partial charge in [-0.2, -0.15) is 0 Å². The Bertz CT molecular complexity index is 472. The highest BCUT2D eigenvalue weighted by molar-refractivity contribution is 5.37. The van der Waals surface area contributed by atoms with E-state index in [9.17, 15) is 9.50 Å². The second-order valence-electron chi connectivity index (χ2n) is 6.04. The molecule has 110 valence electrons. The van der Waals surface area contributed by atoms with E-state index in [1.165, 1.54) is 6.07 Å². The zero-order chi connectivity index (χ0) is 14.0. The van der Waals surface area contributed by atoms with Gasteiger partial charge in [-0.15, -0.1) is 0 Å². The summed E-state index contributed by atoms with van der Waals surface area (Å²) in [6, 6.07) is 4.75. The van der Waals surface area contributed by atoms with Crippen LogP contribution in [0.5, 0.6) is 5.75 Å². The third-order valence-corrected chi connectivity index (χ3v) is 4.45. The molecule has 0 spiro atoms. The second kappa shape index (κ2) is 5.70. The first-order valence-electron chi connectivity index (χ1n) is 7.54. The van der Waals surface area contributed by atoms with Crippen LogP contribution in [0.25, 0.3) is 0 Å². The molecule has 1 aromatic carbocycles. The SMILES string of the molecule is OC1(CNC2CCCOc3ccc(F)cc32)CCCC1. The van der Waals surface area contributed by atoms with Gasteiger partial charge in [0.25, 0.3) is 0 Å². The number of benzene rings is 1. The lowest BCUT2D eigenvalue weighted by Crippen LogP contribution is -2.39. The van der Waals surface area contributed by atoms with E-state index < -0.39 is 5.60 Å². The summed E-state index contributed by atoms with van der Waals surface area (Å²) in [5.74, 6) is 0.528. The third kappa shape index (κ3) is 2.96. The molecule has 0 aromatic heterocycles. The Kier molecular flexibility index (Phi) is 3.94. The molecule has 1 unspecified atom stereocenters. The monoisotopic (exact) mass is 279 g/mol. The van der Waals surface area contributed by atoms with E-state index in [4.69, 9.17) is 4.74 Å². The van der Waals surface area contributed by atoms with Crippen molar-refractivity contribution in [2.24, 2.45) is 0 Å². The van der Waals surface area contributed by atoms with Crippen molar-refractivity contribution in [3.8, 4) is 5.75 Å². The molecule has 0 bridgehead atoms. The zero-order valence-corrected chi connectivity index (χ0v) is 11.7. The number of nitrogens with one attached hydrogen (secondary N) is 1. The van der Waals surface area contributed by atoms with Crippen LogP contribution < -0.4 is 10.1 Å². The Morgan fingerprint density at radius 3 is 2.90 bits per heavy atom. The molecule has 1 aromatic rings. The summed E-state index contributed by atoms with van der Waals surface area (Å²) in [5, 5.41) is 13.9. The van der Waals surface area contributed by atoms with Gasteiger partial charge in [-0.05, 0) is 43.9 Å². The zero-order valence-electron chi connectivity index (χ0n) is 11.7. The normalized spacial score (nSPS) is 24.8. The molecule has 1 saturated carbocycles. The molecular formula is C16H22FNO2. The van der Waals surface area contributed by atoms with Gasteiger partial charge in [0.15, 0.2) is 0 Å². The summed E-state index contributed by atoms with van der Waals surface area (Å²) in [6.45, 7) is 1.24. The van der Waals surface area contributed by atoms with Crippen LogP contribution in [0.3, 0.4) is 0 Å². The summed E-state index contributed by atoms with van der Waals surface area (Å²) in [7, 11) is 0. The van der Waals surface area contributed by atoms with Crippen LogP contribution in [-0.2, 0) is 0 Å². The third-order valence-electron chi connectivity index (χ3n) is 4.45.